The first-order valence-corrected chi connectivity index (χ1v) is 6.33. The molecule has 1 unspecified atom stereocenters. The smallest absolute Gasteiger partial charge is 0.246 e. The van der Waals surface area contributed by atoms with Crippen LogP contribution in [0, 0.1) is 0 Å². The average Bonchev–Trinajstić information content (AvgIpc) is 2.31. The Morgan fingerprint density at radius 1 is 1.28 bits per heavy atom. The lowest BCUT2D eigenvalue weighted by molar-refractivity contribution is -0.140. The third-order valence-electron chi connectivity index (χ3n) is 2.38. The predicted octanol–water partition coefficient (Wildman–Crippen LogP) is -0.642. The number of nitrogens with zero attached hydrogens (tertiary/aromatic N) is 2. The van der Waals surface area contributed by atoms with Crippen LogP contribution in [0.15, 0.2) is 0 Å². The summed E-state index contributed by atoms with van der Waals surface area (Å²) in [6, 6.07) is -0.694. The van der Waals surface area contributed by atoms with Crippen molar-refractivity contribution in [1.82, 2.24) is 15.1 Å². The van der Waals surface area contributed by atoms with Crippen molar-refractivity contribution in [3.63, 3.8) is 0 Å². The number of amides is 3. The SMILES string of the molecule is CCN(CC(=O)N(C)C)C(=O)C(CS)NC(C)=O. The highest BCUT2D eigenvalue weighted by Crippen LogP contribution is 1.99. The largest absolute Gasteiger partial charge is 0.347 e. The summed E-state index contributed by atoms with van der Waals surface area (Å²) in [5, 5.41) is 2.52. The van der Waals surface area contributed by atoms with Gasteiger partial charge in [-0.1, -0.05) is 0 Å². The molecule has 3 amide bonds. The van der Waals surface area contributed by atoms with E-state index in [1.807, 2.05) is 0 Å². The molecule has 104 valence electrons. The molecule has 18 heavy (non-hydrogen) atoms. The summed E-state index contributed by atoms with van der Waals surface area (Å²) in [5.41, 5.74) is 0. The van der Waals surface area contributed by atoms with Crippen LogP contribution in [0.3, 0.4) is 0 Å². The molecule has 0 aliphatic heterocycles. The number of hydrogen-bond acceptors (Lipinski definition) is 4. The lowest BCUT2D eigenvalue weighted by Crippen LogP contribution is -2.51. The van der Waals surface area contributed by atoms with Gasteiger partial charge in [0.1, 0.15) is 6.04 Å². The zero-order chi connectivity index (χ0) is 14.3. The molecule has 0 heterocycles. The topological polar surface area (TPSA) is 69.7 Å². The monoisotopic (exact) mass is 275 g/mol. The van der Waals surface area contributed by atoms with Crippen LogP contribution in [0.25, 0.3) is 0 Å². The van der Waals surface area contributed by atoms with Crippen LogP contribution in [0.5, 0.6) is 0 Å². The van der Waals surface area contributed by atoms with Crippen molar-refractivity contribution in [2.45, 2.75) is 19.9 Å². The Kier molecular flexibility index (Phi) is 7.42. The van der Waals surface area contributed by atoms with Gasteiger partial charge in [0.15, 0.2) is 0 Å². The summed E-state index contributed by atoms with van der Waals surface area (Å²) in [5.74, 6) is -0.549. The van der Waals surface area contributed by atoms with Gasteiger partial charge in [0.2, 0.25) is 17.7 Å². The fraction of sp³-hybridized carbons (Fsp3) is 0.727. The minimum Gasteiger partial charge on any atom is -0.347 e. The summed E-state index contributed by atoms with van der Waals surface area (Å²) >= 11 is 4.04. The third kappa shape index (κ3) is 5.39. The van der Waals surface area contributed by atoms with E-state index in [9.17, 15) is 14.4 Å². The molecule has 6 nitrogen and oxygen atoms in total. The van der Waals surface area contributed by atoms with Gasteiger partial charge in [-0.15, -0.1) is 0 Å². The first-order valence-electron chi connectivity index (χ1n) is 5.70. The molecule has 0 spiro atoms. The first-order chi connectivity index (χ1) is 8.33. The quantitative estimate of drug-likeness (QED) is 0.633. The number of hydrogen-bond donors (Lipinski definition) is 2. The Morgan fingerprint density at radius 2 is 1.83 bits per heavy atom. The molecule has 0 fully saturated rings. The fourth-order valence-corrected chi connectivity index (χ4v) is 1.55. The molecule has 0 aromatic heterocycles. The molecule has 0 saturated heterocycles. The molecule has 1 N–H and O–H groups in total. The van der Waals surface area contributed by atoms with E-state index in [-0.39, 0.29) is 30.0 Å². The van der Waals surface area contributed by atoms with Crippen molar-refractivity contribution in [3.05, 3.63) is 0 Å². The van der Waals surface area contributed by atoms with Gasteiger partial charge >= 0.3 is 0 Å². The number of likely N-dealkylation sites (N-methyl/N-ethyl adjacent to an activating group) is 2. The summed E-state index contributed by atoms with van der Waals surface area (Å²) < 4.78 is 0. The maximum Gasteiger partial charge on any atom is 0.246 e. The predicted molar refractivity (Wildman–Crippen MR) is 72.4 cm³/mol. The van der Waals surface area contributed by atoms with E-state index in [2.05, 4.69) is 17.9 Å². The van der Waals surface area contributed by atoms with Gasteiger partial charge in [-0.25, -0.2) is 0 Å². The highest BCUT2D eigenvalue weighted by atomic mass is 32.1. The minimum absolute atomic E-state index is 0.00615. The molecule has 0 saturated carbocycles. The van der Waals surface area contributed by atoms with Crippen LogP contribution >= 0.6 is 12.6 Å². The van der Waals surface area contributed by atoms with Crippen molar-refractivity contribution < 1.29 is 14.4 Å². The second-order valence-corrected chi connectivity index (χ2v) is 4.44. The molecule has 0 aliphatic carbocycles. The maximum atomic E-state index is 12.1. The summed E-state index contributed by atoms with van der Waals surface area (Å²) in [7, 11) is 3.26. The lowest BCUT2D eigenvalue weighted by Gasteiger charge is -2.26. The molecular formula is C11H21N3O3S. The van der Waals surface area contributed by atoms with Gasteiger partial charge in [0, 0.05) is 33.3 Å². The summed E-state index contributed by atoms with van der Waals surface area (Å²) in [6.07, 6.45) is 0. The molecule has 0 aliphatic rings. The minimum atomic E-state index is -0.694. The van der Waals surface area contributed by atoms with E-state index in [1.54, 1.807) is 21.0 Å². The Hall–Kier alpha value is -1.24. The fourth-order valence-electron chi connectivity index (χ4n) is 1.30. The molecule has 0 rings (SSSR count). The van der Waals surface area contributed by atoms with Gasteiger partial charge in [0.05, 0.1) is 6.54 Å². The summed E-state index contributed by atoms with van der Waals surface area (Å²) in [6.45, 7) is 3.53. The number of nitrogens with one attached hydrogen (secondary N) is 1. The van der Waals surface area contributed by atoms with Crippen LogP contribution in [0.4, 0.5) is 0 Å². The maximum absolute atomic E-state index is 12.1. The molecule has 0 bridgehead atoms. The molecule has 0 aromatic carbocycles. The van der Waals surface area contributed by atoms with E-state index in [4.69, 9.17) is 0 Å². The van der Waals surface area contributed by atoms with Crippen molar-refractivity contribution in [3.8, 4) is 0 Å². The average molecular weight is 275 g/mol. The van der Waals surface area contributed by atoms with Crippen LogP contribution in [-0.2, 0) is 14.4 Å². The van der Waals surface area contributed by atoms with E-state index < -0.39 is 6.04 Å². The number of thiol groups is 1. The normalized spacial score (nSPS) is 11.6. The Bertz CT molecular complexity index is 321. The van der Waals surface area contributed by atoms with E-state index in [0.717, 1.165) is 0 Å². The van der Waals surface area contributed by atoms with Crippen LogP contribution in [-0.4, -0.2) is 66.5 Å². The Labute approximate surface area is 113 Å². The molecule has 0 radical (unpaired) electrons. The zero-order valence-electron chi connectivity index (χ0n) is 11.3. The summed E-state index contributed by atoms with van der Waals surface area (Å²) in [4.78, 5) is 37.5. The molecule has 0 aromatic rings. The van der Waals surface area contributed by atoms with Gasteiger partial charge < -0.3 is 15.1 Å². The lowest BCUT2D eigenvalue weighted by atomic mass is 10.2. The number of carbonyl (C=O) groups is 3. The van der Waals surface area contributed by atoms with Gasteiger partial charge in [-0.2, -0.15) is 12.6 Å². The van der Waals surface area contributed by atoms with Crippen molar-refractivity contribution in [1.29, 1.82) is 0 Å². The Balaban J connectivity index is 4.67. The zero-order valence-corrected chi connectivity index (χ0v) is 12.2. The molecular weight excluding hydrogens is 254 g/mol. The van der Waals surface area contributed by atoms with Crippen LogP contribution in [0.2, 0.25) is 0 Å². The molecule has 7 heteroatoms. The van der Waals surface area contributed by atoms with Crippen molar-refractivity contribution in [2.75, 3.05) is 32.9 Å². The van der Waals surface area contributed by atoms with Gasteiger partial charge in [0.25, 0.3) is 0 Å². The first kappa shape index (κ1) is 16.8. The van der Waals surface area contributed by atoms with E-state index in [0.29, 0.717) is 6.54 Å². The van der Waals surface area contributed by atoms with Crippen LogP contribution < -0.4 is 5.32 Å². The van der Waals surface area contributed by atoms with Gasteiger partial charge in [-0.3, -0.25) is 14.4 Å². The highest BCUT2D eigenvalue weighted by molar-refractivity contribution is 7.80. The second kappa shape index (κ2) is 7.97. The standard InChI is InChI=1S/C11H21N3O3S/c1-5-14(6-10(16)13(3)4)11(17)9(7-18)12-8(2)15/h9,18H,5-7H2,1-4H3,(H,12,15). The second-order valence-electron chi connectivity index (χ2n) is 4.08. The third-order valence-corrected chi connectivity index (χ3v) is 2.74. The van der Waals surface area contributed by atoms with Crippen LogP contribution in [0.1, 0.15) is 13.8 Å². The highest BCUT2D eigenvalue weighted by Gasteiger charge is 2.24. The Morgan fingerprint density at radius 3 is 2.17 bits per heavy atom. The van der Waals surface area contributed by atoms with Gasteiger partial charge in [-0.05, 0) is 6.92 Å². The van der Waals surface area contributed by atoms with Crippen molar-refractivity contribution >= 4 is 30.4 Å². The van der Waals surface area contributed by atoms with E-state index in [1.165, 1.54) is 16.7 Å². The van der Waals surface area contributed by atoms with Crippen molar-refractivity contribution in [2.24, 2.45) is 0 Å². The molecule has 1 atom stereocenters. The van der Waals surface area contributed by atoms with E-state index >= 15 is 0 Å². The number of carbonyl (C=O) groups excluding carboxylic acids is 3. The number of rotatable bonds is 6.